The molecule has 0 saturated carbocycles. The molecule has 60 valence electrons. The van der Waals surface area contributed by atoms with Crippen LogP contribution in [0.1, 0.15) is 0 Å². The Morgan fingerprint density at radius 2 is 1.70 bits per heavy atom. The fraction of sp³-hybridized carbons (Fsp3) is 0.714. The van der Waals surface area contributed by atoms with Crippen LogP contribution in [-0.2, 0) is 0 Å². The second-order valence-corrected chi connectivity index (χ2v) is 8.78. The van der Waals surface area contributed by atoms with Gasteiger partial charge in [-0.25, -0.2) is 0 Å². The van der Waals surface area contributed by atoms with Crippen LogP contribution in [0, 0.1) is 0 Å². The molecule has 0 aliphatic rings. The summed E-state index contributed by atoms with van der Waals surface area (Å²) in [4.78, 5) is 1.72. The van der Waals surface area contributed by atoms with E-state index in [1.165, 1.54) is 0 Å². The van der Waals surface area contributed by atoms with E-state index in [9.17, 15) is 5.11 Å². The van der Waals surface area contributed by atoms with Crippen molar-refractivity contribution in [1.29, 1.82) is 0 Å². The van der Waals surface area contributed by atoms with Crippen molar-refractivity contribution in [3.8, 4) is 0 Å². The van der Waals surface area contributed by atoms with Crippen LogP contribution < -0.4 is 0 Å². The maximum atomic E-state index is 9.28. The lowest BCUT2D eigenvalue weighted by atomic mass is 10.8. The minimum absolute atomic E-state index is 0.388. The Bertz CT molecular complexity index is 135. The van der Waals surface area contributed by atoms with E-state index in [0.29, 0.717) is 5.88 Å². The Morgan fingerprint density at radius 3 is 1.80 bits per heavy atom. The van der Waals surface area contributed by atoms with Crippen molar-refractivity contribution in [2.75, 3.05) is 14.1 Å². The highest BCUT2D eigenvalue weighted by Gasteiger charge is 2.11. The molecule has 3 heteroatoms. The van der Waals surface area contributed by atoms with E-state index in [4.69, 9.17) is 0 Å². The van der Waals surface area contributed by atoms with Gasteiger partial charge in [0.15, 0.2) is 5.88 Å². The number of aliphatic hydroxyl groups excluding tert-OH is 1. The van der Waals surface area contributed by atoms with Gasteiger partial charge in [0, 0.05) is 14.1 Å². The standard InChI is InChI=1S/C7H17NOSi/c1-8(2)7(9)6-10(3,4)5/h6,9H,1-5H3/b7-6+. The molecule has 0 heterocycles. The van der Waals surface area contributed by atoms with Crippen molar-refractivity contribution in [2.45, 2.75) is 19.6 Å². The monoisotopic (exact) mass is 159 g/mol. The third kappa shape index (κ3) is 4.44. The molecule has 0 aliphatic carbocycles. The molecule has 0 saturated heterocycles. The number of nitrogens with zero attached hydrogens (tertiary/aromatic N) is 1. The topological polar surface area (TPSA) is 23.5 Å². The first kappa shape index (κ1) is 9.56. The van der Waals surface area contributed by atoms with Crippen molar-refractivity contribution < 1.29 is 5.11 Å². The molecule has 10 heavy (non-hydrogen) atoms. The molecular weight excluding hydrogens is 142 g/mol. The first-order valence-corrected chi connectivity index (χ1v) is 7.00. The van der Waals surface area contributed by atoms with Crippen molar-refractivity contribution in [2.24, 2.45) is 0 Å². The van der Waals surface area contributed by atoms with Gasteiger partial charge in [0.25, 0.3) is 0 Å². The second kappa shape index (κ2) is 3.10. The van der Waals surface area contributed by atoms with Gasteiger partial charge in [0.1, 0.15) is 0 Å². The van der Waals surface area contributed by atoms with E-state index >= 15 is 0 Å². The molecule has 2 nitrogen and oxygen atoms in total. The van der Waals surface area contributed by atoms with Gasteiger partial charge in [0.2, 0.25) is 0 Å². The van der Waals surface area contributed by atoms with Crippen molar-refractivity contribution in [1.82, 2.24) is 4.90 Å². The van der Waals surface area contributed by atoms with Crippen LogP contribution >= 0.6 is 0 Å². The fourth-order valence-electron chi connectivity index (χ4n) is 0.516. The second-order valence-electron chi connectivity index (χ2n) is 3.76. The van der Waals surface area contributed by atoms with Gasteiger partial charge in [-0.05, 0) is 5.70 Å². The molecule has 0 aromatic carbocycles. The number of hydrogen-bond donors (Lipinski definition) is 1. The summed E-state index contributed by atoms with van der Waals surface area (Å²) in [6.07, 6.45) is 0. The summed E-state index contributed by atoms with van der Waals surface area (Å²) in [6.45, 7) is 6.56. The lowest BCUT2D eigenvalue weighted by Gasteiger charge is -2.15. The molecular formula is C7H17NOSi. The van der Waals surface area contributed by atoms with E-state index in [-0.39, 0.29) is 0 Å². The molecule has 0 aliphatic heterocycles. The van der Waals surface area contributed by atoms with E-state index < -0.39 is 8.07 Å². The van der Waals surface area contributed by atoms with Gasteiger partial charge in [-0.15, -0.1) is 0 Å². The van der Waals surface area contributed by atoms with Crippen LogP contribution in [0.25, 0.3) is 0 Å². The quantitative estimate of drug-likeness (QED) is 0.491. The minimum atomic E-state index is -1.24. The van der Waals surface area contributed by atoms with Crippen LogP contribution in [0.5, 0.6) is 0 Å². The van der Waals surface area contributed by atoms with Crippen molar-refractivity contribution in [3.63, 3.8) is 0 Å². The third-order valence-corrected chi connectivity index (χ3v) is 2.14. The Hall–Kier alpha value is -0.443. The number of rotatable bonds is 2. The summed E-state index contributed by atoms with van der Waals surface area (Å²) >= 11 is 0. The average Bonchev–Trinajstić information content (AvgIpc) is 1.60. The predicted octanol–water partition coefficient (Wildman–Crippen LogP) is 1.82. The highest BCUT2D eigenvalue weighted by atomic mass is 28.3. The van der Waals surface area contributed by atoms with Crippen LogP contribution in [0.2, 0.25) is 19.6 Å². The molecule has 0 bridgehead atoms. The summed E-state index contributed by atoms with van der Waals surface area (Å²) in [5, 5.41) is 9.28. The Balaban J connectivity index is 4.17. The molecule has 0 amide bonds. The summed E-state index contributed by atoms with van der Waals surface area (Å²) in [6, 6.07) is 0. The maximum Gasteiger partial charge on any atom is 0.178 e. The van der Waals surface area contributed by atoms with Crippen LogP contribution in [0.15, 0.2) is 11.6 Å². The largest absolute Gasteiger partial charge is 0.495 e. The van der Waals surface area contributed by atoms with E-state index in [2.05, 4.69) is 19.6 Å². The summed E-state index contributed by atoms with van der Waals surface area (Å²) in [5.74, 6) is 0.388. The molecule has 0 aromatic heterocycles. The lowest BCUT2D eigenvalue weighted by molar-refractivity contribution is 0.265. The number of hydrogen-bond acceptors (Lipinski definition) is 2. The van der Waals surface area contributed by atoms with Gasteiger partial charge in [0.05, 0.1) is 8.07 Å². The molecule has 1 N–H and O–H groups in total. The Labute approximate surface area is 64.2 Å². The van der Waals surface area contributed by atoms with E-state index in [1.54, 1.807) is 4.90 Å². The molecule has 0 fully saturated rings. The Kier molecular flexibility index (Phi) is 2.96. The summed E-state index contributed by atoms with van der Waals surface area (Å²) in [5.41, 5.74) is 1.97. The zero-order chi connectivity index (χ0) is 8.36. The summed E-state index contributed by atoms with van der Waals surface area (Å²) in [7, 11) is 2.44. The molecule has 0 unspecified atom stereocenters. The van der Waals surface area contributed by atoms with Gasteiger partial charge in [-0.1, -0.05) is 19.6 Å². The molecule has 0 aromatic rings. The van der Waals surface area contributed by atoms with Crippen molar-refractivity contribution in [3.05, 3.63) is 11.6 Å². The lowest BCUT2D eigenvalue weighted by Crippen LogP contribution is -2.21. The SMILES string of the molecule is CN(C)/C(O)=C\[Si](C)(C)C. The minimum Gasteiger partial charge on any atom is -0.495 e. The van der Waals surface area contributed by atoms with Crippen molar-refractivity contribution >= 4 is 8.07 Å². The average molecular weight is 159 g/mol. The predicted molar refractivity (Wildman–Crippen MR) is 47.7 cm³/mol. The normalized spacial score (nSPS) is 13.5. The third-order valence-electron chi connectivity index (χ3n) is 1.02. The Morgan fingerprint density at radius 1 is 1.30 bits per heavy atom. The van der Waals surface area contributed by atoms with Gasteiger partial charge in [-0.2, -0.15) is 0 Å². The first-order chi connectivity index (χ1) is 4.33. The highest BCUT2D eigenvalue weighted by molar-refractivity contribution is 6.81. The fourth-order valence-corrected chi connectivity index (χ4v) is 1.55. The molecule has 0 spiro atoms. The van der Waals surface area contributed by atoms with Gasteiger partial charge < -0.3 is 10.0 Å². The highest BCUT2D eigenvalue weighted by Crippen LogP contribution is 2.05. The van der Waals surface area contributed by atoms with Gasteiger partial charge in [-0.3, -0.25) is 0 Å². The molecule has 0 radical (unpaired) electrons. The molecule has 0 rings (SSSR count). The zero-order valence-electron chi connectivity index (χ0n) is 7.47. The smallest absolute Gasteiger partial charge is 0.178 e. The van der Waals surface area contributed by atoms with Crippen LogP contribution in [0.4, 0.5) is 0 Å². The number of aliphatic hydroxyl groups is 1. The van der Waals surface area contributed by atoms with E-state index in [0.717, 1.165) is 0 Å². The van der Waals surface area contributed by atoms with E-state index in [1.807, 2.05) is 19.8 Å². The maximum absolute atomic E-state index is 9.28. The summed E-state index contributed by atoms with van der Waals surface area (Å²) < 4.78 is 0. The molecule has 0 atom stereocenters. The van der Waals surface area contributed by atoms with Crippen LogP contribution in [0.3, 0.4) is 0 Å². The zero-order valence-corrected chi connectivity index (χ0v) is 8.47. The first-order valence-electron chi connectivity index (χ1n) is 3.42. The van der Waals surface area contributed by atoms with Gasteiger partial charge >= 0.3 is 0 Å². The van der Waals surface area contributed by atoms with Crippen LogP contribution in [-0.4, -0.2) is 32.2 Å².